The van der Waals surface area contributed by atoms with E-state index in [9.17, 15) is 15.0 Å². The van der Waals surface area contributed by atoms with Gasteiger partial charge in [-0.3, -0.25) is 10.2 Å². The van der Waals surface area contributed by atoms with Crippen molar-refractivity contribution in [3.8, 4) is 0 Å². The quantitative estimate of drug-likeness (QED) is 0.327. The fraction of sp³-hybridized carbons (Fsp3) is 0.958. The highest BCUT2D eigenvalue weighted by Crippen LogP contribution is 2.68. The minimum Gasteiger partial charge on any atom is -0.393 e. The van der Waals surface area contributed by atoms with Gasteiger partial charge in [0.25, 0.3) is 0 Å². The molecule has 0 aromatic carbocycles. The zero-order chi connectivity index (χ0) is 21.0. The molecule has 0 unspecified atom stereocenters. The van der Waals surface area contributed by atoms with Gasteiger partial charge in [-0.05, 0) is 104 Å². The normalized spacial score (nSPS) is 50.2. The number of nitrogens with two attached hydrogens (primary N) is 1. The summed E-state index contributed by atoms with van der Waals surface area (Å²) in [5, 5.41) is 21.5. The van der Waals surface area contributed by atoms with Crippen LogP contribution in [0.5, 0.6) is 0 Å². The van der Waals surface area contributed by atoms with Crippen molar-refractivity contribution >= 4 is 5.91 Å². The Bertz CT molecular complexity index is 627. The molecule has 4 aliphatic carbocycles. The van der Waals surface area contributed by atoms with E-state index in [0.29, 0.717) is 41.9 Å². The van der Waals surface area contributed by atoms with E-state index in [-0.39, 0.29) is 28.9 Å². The predicted octanol–water partition coefficient (Wildman–Crippen LogP) is 3.38. The molecule has 4 aliphatic rings. The smallest absolute Gasteiger partial charge is 0.233 e. The van der Waals surface area contributed by atoms with Crippen LogP contribution in [0, 0.1) is 46.3 Å². The van der Waals surface area contributed by atoms with Gasteiger partial charge in [-0.25, -0.2) is 5.84 Å². The Kier molecular flexibility index (Phi) is 5.80. The van der Waals surface area contributed by atoms with E-state index < -0.39 is 0 Å². The lowest BCUT2D eigenvalue weighted by Gasteiger charge is -2.62. The van der Waals surface area contributed by atoms with Crippen LogP contribution < -0.4 is 11.3 Å². The summed E-state index contributed by atoms with van der Waals surface area (Å²) in [6.07, 6.45) is 9.70. The van der Waals surface area contributed by atoms with Crippen LogP contribution in [-0.4, -0.2) is 28.3 Å². The minimum absolute atomic E-state index is 0.0681. The summed E-state index contributed by atoms with van der Waals surface area (Å²) in [4.78, 5) is 11.6. The van der Waals surface area contributed by atoms with Gasteiger partial charge in [0.15, 0.2) is 0 Å². The molecule has 5 N–H and O–H groups in total. The number of nitrogens with one attached hydrogen (secondary N) is 1. The molecule has 166 valence electrons. The molecular weight excluding hydrogens is 364 g/mol. The Labute approximate surface area is 176 Å². The highest BCUT2D eigenvalue weighted by atomic mass is 16.3. The molecule has 0 radical (unpaired) electrons. The summed E-state index contributed by atoms with van der Waals surface area (Å²) in [7, 11) is 0. The van der Waals surface area contributed by atoms with Crippen LogP contribution in [0.2, 0.25) is 0 Å². The molecule has 5 heteroatoms. The summed E-state index contributed by atoms with van der Waals surface area (Å²) in [5.74, 6) is 8.40. The van der Waals surface area contributed by atoms with Crippen LogP contribution in [-0.2, 0) is 4.79 Å². The van der Waals surface area contributed by atoms with Crippen molar-refractivity contribution in [1.82, 2.24) is 5.43 Å². The number of hydrogen-bond donors (Lipinski definition) is 4. The monoisotopic (exact) mass is 406 g/mol. The van der Waals surface area contributed by atoms with Crippen molar-refractivity contribution in [2.45, 2.75) is 97.2 Å². The second kappa shape index (κ2) is 7.80. The molecule has 4 saturated carbocycles. The van der Waals surface area contributed by atoms with Gasteiger partial charge in [-0.15, -0.1) is 0 Å². The number of aliphatic hydroxyl groups excluding tert-OH is 2. The first-order valence-electron chi connectivity index (χ1n) is 12.1. The van der Waals surface area contributed by atoms with Crippen molar-refractivity contribution in [3.05, 3.63) is 0 Å². The van der Waals surface area contributed by atoms with Gasteiger partial charge in [-0.2, -0.15) is 0 Å². The van der Waals surface area contributed by atoms with Crippen molar-refractivity contribution in [1.29, 1.82) is 0 Å². The molecule has 4 rings (SSSR count). The number of amides is 1. The second-order valence-corrected chi connectivity index (χ2v) is 11.5. The van der Waals surface area contributed by atoms with Gasteiger partial charge in [0.2, 0.25) is 5.91 Å². The number of aliphatic hydroxyl groups is 2. The van der Waals surface area contributed by atoms with Gasteiger partial charge in [-0.1, -0.05) is 20.8 Å². The number of fused-ring (bicyclic) bond motifs is 5. The molecule has 0 bridgehead atoms. The third-order valence-corrected chi connectivity index (χ3v) is 10.4. The zero-order valence-corrected chi connectivity index (χ0v) is 18.6. The van der Waals surface area contributed by atoms with Gasteiger partial charge < -0.3 is 10.2 Å². The minimum atomic E-state index is -0.218. The van der Waals surface area contributed by atoms with Crippen LogP contribution in [0.15, 0.2) is 0 Å². The highest BCUT2D eigenvalue weighted by Gasteiger charge is 2.62. The Balaban J connectivity index is 1.53. The number of carbonyl (C=O) groups is 1. The lowest BCUT2D eigenvalue weighted by molar-refractivity contribution is -0.174. The van der Waals surface area contributed by atoms with Crippen LogP contribution >= 0.6 is 0 Å². The molecule has 0 spiro atoms. The topological polar surface area (TPSA) is 95.6 Å². The molecule has 10 atom stereocenters. The highest BCUT2D eigenvalue weighted by molar-refractivity contribution is 5.75. The summed E-state index contributed by atoms with van der Waals surface area (Å²) in [5.41, 5.74) is 2.82. The molecular formula is C24H42N2O3. The molecule has 0 saturated heterocycles. The Morgan fingerprint density at radius 2 is 1.76 bits per heavy atom. The standard InChI is InChI=1S/C24H42N2O3/c1-14(4-7-21(29)26-25)17-5-6-18-22-19(9-11-24(17,18)3)23(2)10-8-16(27)12-15(23)13-20(22)28/h14-20,22,27-28H,4-13,25H2,1-3H3,(H,26,29)/t14-,15+,16-,17+,18-,19-,20-,22-,23-,24+/m0/s1. The number of rotatable bonds is 4. The zero-order valence-electron chi connectivity index (χ0n) is 18.6. The molecule has 0 aromatic rings. The van der Waals surface area contributed by atoms with E-state index in [1.807, 2.05) is 0 Å². The van der Waals surface area contributed by atoms with Crippen molar-refractivity contribution in [3.63, 3.8) is 0 Å². The fourth-order valence-corrected chi connectivity index (χ4v) is 8.81. The Morgan fingerprint density at radius 1 is 1.07 bits per heavy atom. The maximum absolute atomic E-state index is 11.6. The SMILES string of the molecule is C[C@@H](CCC(=O)NN)[C@H]1CC[C@H]2[C@@H]3[C@@H](O)C[C@H]4C[C@@H](O)CC[C@]4(C)[C@H]3CC[C@]12C. The number of hydrogen-bond acceptors (Lipinski definition) is 4. The third kappa shape index (κ3) is 3.45. The molecule has 29 heavy (non-hydrogen) atoms. The van der Waals surface area contributed by atoms with E-state index in [1.54, 1.807) is 0 Å². The summed E-state index contributed by atoms with van der Waals surface area (Å²) in [6.45, 7) is 7.26. The lowest BCUT2D eigenvalue weighted by Crippen LogP contribution is -2.58. The van der Waals surface area contributed by atoms with Crippen molar-refractivity contribution < 1.29 is 15.0 Å². The lowest BCUT2D eigenvalue weighted by atomic mass is 9.43. The first-order valence-corrected chi connectivity index (χ1v) is 12.1. The summed E-state index contributed by atoms with van der Waals surface area (Å²) in [6, 6.07) is 0. The summed E-state index contributed by atoms with van der Waals surface area (Å²) >= 11 is 0. The van der Waals surface area contributed by atoms with Gasteiger partial charge in [0.1, 0.15) is 0 Å². The average molecular weight is 407 g/mol. The van der Waals surface area contributed by atoms with Crippen LogP contribution in [0.3, 0.4) is 0 Å². The predicted molar refractivity (Wildman–Crippen MR) is 113 cm³/mol. The second-order valence-electron chi connectivity index (χ2n) is 11.5. The average Bonchev–Trinajstić information content (AvgIpc) is 3.04. The molecule has 0 heterocycles. The van der Waals surface area contributed by atoms with E-state index in [0.717, 1.165) is 32.1 Å². The van der Waals surface area contributed by atoms with E-state index >= 15 is 0 Å². The van der Waals surface area contributed by atoms with Crippen molar-refractivity contribution in [2.75, 3.05) is 0 Å². The molecule has 1 amide bonds. The molecule has 0 aliphatic heterocycles. The maximum atomic E-state index is 11.6. The summed E-state index contributed by atoms with van der Waals surface area (Å²) < 4.78 is 0. The first kappa shape index (κ1) is 21.6. The first-order chi connectivity index (χ1) is 13.7. The van der Waals surface area contributed by atoms with Crippen molar-refractivity contribution in [2.24, 2.45) is 52.2 Å². The van der Waals surface area contributed by atoms with Crippen LogP contribution in [0.25, 0.3) is 0 Å². The maximum Gasteiger partial charge on any atom is 0.233 e. The largest absolute Gasteiger partial charge is 0.393 e. The van der Waals surface area contributed by atoms with Crippen LogP contribution in [0.4, 0.5) is 0 Å². The number of carbonyl (C=O) groups excluding carboxylic acids is 1. The van der Waals surface area contributed by atoms with Gasteiger partial charge in [0.05, 0.1) is 12.2 Å². The third-order valence-electron chi connectivity index (χ3n) is 10.4. The van der Waals surface area contributed by atoms with E-state index in [2.05, 4.69) is 26.2 Å². The molecule has 4 fully saturated rings. The fourth-order valence-electron chi connectivity index (χ4n) is 8.81. The molecule has 0 aromatic heterocycles. The Morgan fingerprint density at radius 3 is 2.48 bits per heavy atom. The van der Waals surface area contributed by atoms with E-state index in [4.69, 9.17) is 5.84 Å². The Hall–Kier alpha value is -0.650. The number of hydrazine groups is 1. The van der Waals surface area contributed by atoms with Gasteiger partial charge >= 0.3 is 0 Å². The van der Waals surface area contributed by atoms with Gasteiger partial charge in [0, 0.05) is 6.42 Å². The van der Waals surface area contributed by atoms with Crippen LogP contribution in [0.1, 0.15) is 85.0 Å². The van der Waals surface area contributed by atoms with E-state index in [1.165, 1.54) is 25.7 Å². The molecule has 5 nitrogen and oxygen atoms in total.